The van der Waals surface area contributed by atoms with Crippen LogP contribution in [0.3, 0.4) is 0 Å². The third-order valence-corrected chi connectivity index (χ3v) is 1.99. The van der Waals surface area contributed by atoms with Gasteiger partial charge in [0.15, 0.2) is 0 Å². The molecular formula is C9H18FN2O4+. The molecule has 0 aromatic heterocycles. The van der Waals surface area contributed by atoms with E-state index in [2.05, 4.69) is 0 Å². The van der Waals surface area contributed by atoms with Crippen molar-refractivity contribution in [1.29, 1.82) is 0 Å². The van der Waals surface area contributed by atoms with E-state index in [1.165, 1.54) is 0 Å². The van der Waals surface area contributed by atoms with Gasteiger partial charge in [-0.3, -0.25) is 14.1 Å². The Labute approximate surface area is 93.4 Å². The Morgan fingerprint density at radius 2 is 2.06 bits per heavy atom. The zero-order chi connectivity index (χ0) is 12.8. The highest BCUT2D eigenvalue weighted by atomic mass is 19.1. The number of nitrogens with zero attached hydrogens (tertiary/aromatic N) is 1. The normalized spacial score (nSPS) is 13.2. The molecule has 0 saturated heterocycles. The summed E-state index contributed by atoms with van der Waals surface area (Å²) in [5.74, 6) is -1.94. The van der Waals surface area contributed by atoms with Crippen LogP contribution in [0.15, 0.2) is 0 Å². The molecule has 0 aromatic rings. The average molecular weight is 237 g/mol. The van der Waals surface area contributed by atoms with Crippen LogP contribution in [0.1, 0.15) is 6.42 Å². The lowest BCUT2D eigenvalue weighted by Crippen LogP contribution is -2.42. The molecule has 0 aliphatic carbocycles. The number of ether oxygens (including phenoxy) is 1. The third kappa shape index (κ3) is 6.31. The minimum Gasteiger partial charge on any atom is -0.480 e. The zero-order valence-electron chi connectivity index (χ0n) is 9.48. The fourth-order valence-corrected chi connectivity index (χ4v) is 0.792. The van der Waals surface area contributed by atoms with Crippen LogP contribution >= 0.6 is 0 Å². The molecule has 0 spiro atoms. The summed E-state index contributed by atoms with van der Waals surface area (Å²) in [6.45, 7) is -0.196. The number of hydrogen-bond acceptors (Lipinski definition) is 4. The Morgan fingerprint density at radius 1 is 1.50 bits per heavy atom. The van der Waals surface area contributed by atoms with Crippen LogP contribution < -0.4 is 5.73 Å². The molecule has 0 aromatic carbocycles. The van der Waals surface area contributed by atoms with Gasteiger partial charge in [-0.2, -0.15) is 4.39 Å². The summed E-state index contributed by atoms with van der Waals surface area (Å²) in [4.78, 5) is 21.4. The quantitative estimate of drug-likeness (QED) is 0.348. The predicted molar refractivity (Wildman–Crippen MR) is 54.1 cm³/mol. The van der Waals surface area contributed by atoms with E-state index in [0.717, 1.165) is 0 Å². The Balaban J connectivity index is 3.79. The first-order valence-corrected chi connectivity index (χ1v) is 4.80. The largest absolute Gasteiger partial charge is 0.480 e. The molecule has 0 rings (SSSR count). The van der Waals surface area contributed by atoms with Crippen molar-refractivity contribution in [3.8, 4) is 0 Å². The first-order valence-electron chi connectivity index (χ1n) is 4.80. The van der Waals surface area contributed by atoms with Crippen molar-refractivity contribution in [1.82, 2.24) is 0 Å². The lowest BCUT2D eigenvalue weighted by molar-refractivity contribution is -0.902. The summed E-state index contributed by atoms with van der Waals surface area (Å²) in [7, 11) is 3.30. The molecule has 94 valence electrons. The van der Waals surface area contributed by atoms with Crippen molar-refractivity contribution in [3.05, 3.63) is 0 Å². The second-order valence-corrected chi connectivity index (χ2v) is 4.15. The highest BCUT2D eigenvalue weighted by Gasteiger charge is 2.19. The number of likely N-dealkylation sites (N-methyl/N-ethyl adjacent to an activating group) is 1. The van der Waals surface area contributed by atoms with Gasteiger partial charge >= 0.3 is 11.9 Å². The number of hydrogen-bond donors (Lipinski definition) is 2. The summed E-state index contributed by atoms with van der Waals surface area (Å²) in [5.41, 5.74) is 5.14. The number of quaternary nitrogens is 1. The van der Waals surface area contributed by atoms with Gasteiger partial charge in [0.2, 0.25) is 6.80 Å². The number of aliphatic carboxylic acids is 1. The van der Waals surface area contributed by atoms with E-state index < -0.39 is 24.8 Å². The number of carboxylic acid groups (broad SMARTS) is 1. The van der Waals surface area contributed by atoms with Gasteiger partial charge in [0.25, 0.3) is 0 Å². The number of carbonyl (C=O) groups excluding carboxylic acids is 1. The number of nitrogens with two attached hydrogens (primary N) is 1. The van der Waals surface area contributed by atoms with E-state index in [-0.39, 0.29) is 17.5 Å². The second kappa shape index (κ2) is 6.39. The van der Waals surface area contributed by atoms with Crippen molar-refractivity contribution in [3.63, 3.8) is 0 Å². The Hall–Kier alpha value is -1.21. The number of carboxylic acids is 1. The van der Waals surface area contributed by atoms with Gasteiger partial charge in [-0.25, -0.2) is 0 Å². The summed E-state index contributed by atoms with van der Waals surface area (Å²) < 4.78 is 17.2. The molecule has 0 aliphatic heterocycles. The third-order valence-electron chi connectivity index (χ3n) is 1.99. The van der Waals surface area contributed by atoms with Crippen LogP contribution in [0.5, 0.6) is 0 Å². The average Bonchev–Trinajstić information content (AvgIpc) is 2.17. The highest BCUT2D eigenvalue weighted by molar-refractivity contribution is 5.81. The van der Waals surface area contributed by atoms with E-state index in [4.69, 9.17) is 15.6 Å². The molecule has 16 heavy (non-hydrogen) atoms. The van der Waals surface area contributed by atoms with Crippen LogP contribution in [0.4, 0.5) is 4.39 Å². The fraction of sp³-hybridized carbons (Fsp3) is 0.778. The van der Waals surface area contributed by atoms with Gasteiger partial charge in [-0.15, -0.1) is 0 Å². The van der Waals surface area contributed by atoms with E-state index >= 15 is 0 Å². The van der Waals surface area contributed by atoms with E-state index in [1.807, 2.05) is 0 Å². The highest BCUT2D eigenvalue weighted by Crippen LogP contribution is 1.98. The molecule has 1 unspecified atom stereocenters. The van der Waals surface area contributed by atoms with Gasteiger partial charge in [0.05, 0.1) is 20.5 Å². The molecule has 0 radical (unpaired) electrons. The van der Waals surface area contributed by atoms with E-state index in [1.54, 1.807) is 14.1 Å². The summed E-state index contributed by atoms with van der Waals surface area (Å²) >= 11 is 0. The number of halogens is 1. The first kappa shape index (κ1) is 14.8. The second-order valence-electron chi connectivity index (χ2n) is 4.15. The lowest BCUT2D eigenvalue weighted by atomic mass is 10.2. The maximum absolute atomic E-state index is 12.3. The molecule has 0 aliphatic rings. The van der Waals surface area contributed by atoms with Gasteiger partial charge in [-0.05, 0) is 0 Å². The molecular weight excluding hydrogens is 219 g/mol. The number of carbonyl (C=O) groups is 2. The summed E-state index contributed by atoms with van der Waals surface area (Å²) in [5, 5.41) is 8.44. The molecule has 1 atom stereocenters. The molecule has 3 N–H and O–H groups in total. The van der Waals surface area contributed by atoms with Crippen LogP contribution in [0.25, 0.3) is 0 Å². The van der Waals surface area contributed by atoms with Gasteiger partial charge < -0.3 is 15.6 Å². The zero-order valence-corrected chi connectivity index (χ0v) is 9.48. The van der Waals surface area contributed by atoms with Crippen LogP contribution in [-0.4, -0.2) is 61.6 Å². The number of rotatable bonds is 7. The topological polar surface area (TPSA) is 89.6 Å². The first-order chi connectivity index (χ1) is 7.28. The Bertz CT molecular complexity index is 258. The van der Waals surface area contributed by atoms with Gasteiger partial charge in [0.1, 0.15) is 19.2 Å². The van der Waals surface area contributed by atoms with Crippen molar-refractivity contribution >= 4 is 11.9 Å². The SMILES string of the molecule is C[N+](C)(CF)CCOC(=O)CC(N)C(=O)O. The summed E-state index contributed by atoms with van der Waals surface area (Å²) in [6, 6.07) is -1.25. The van der Waals surface area contributed by atoms with Crippen molar-refractivity contribution in [2.75, 3.05) is 34.0 Å². The summed E-state index contributed by atoms with van der Waals surface area (Å²) in [6.07, 6.45) is -0.377. The minimum atomic E-state index is -1.25. The van der Waals surface area contributed by atoms with Gasteiger partial charge in [0, 0.05) is 0 Å². The van der Waals surface area contributed by atoms with E-state index in [0.29, 0.717) is 6.54 Å². The Kier molecular flexibility index (Phi) is 5.91. The van der Waals surface area contributed by atoms with Crippen LogP contribution in [0, 0.1) is 0 Å². The van der Waals surface area contributed by atoms with Crippen LogP contribution in [-0.2, 0) is 14.3 Å². The molecule has 7 heteroatoms. The minimum absolute atomic E-state index is 0.0437. The van der Waals surface area contributed by atoms with Crippen LogP contribution in [0.2, 0.25) is 0 Å². The monoisotopic (exact) mass is 237 g/mol. The van der Waals surface area contributed by atoms with Gasteiger partial charge in [-0.1, -0.05) is 0 Å². The standard InChI is InChI=1S/C9H17FN2O4/c1-12(2,6-10)3-4-16-8(13)5-7(11)9(14)15/h7H,3-6,11H2,1-2H3/p+1. The fourth-order valence-electron chi connectivity index (χ4n) is 0.792. The van der Waals surface area contributed by atoms with E-state index in [9.17, 15) is 14.0 Å². The van der Waals surface area contributed by atoms with Crippen molar-refractivity contribution in [2.45, 2.75) is 12.5 Å². The molecule has 0 fully saturated rings. The number of esters is 1. The maximum atomic E-state index is 12.3. The smallest absolute Gasteiger partial charge is 0.321 e. The number of alkyl halides is 1. The molecule has 0 amide bonds. The van der Waals surface area contributed by atoms with Crippen molar-refractivity contribution < 1.29 is 28.3 Å². The molecule has 0 saturated carbocycles. The molecule has 6 nitrogen and oxygen atoms in total. The van der Waals surface area contributed by atoms with Crippen molar-refractivity contribution in [2.24, 2.45) is 5.73 Å². The maximum Gasteiger partial charge on any atom is 0.321 e. The predicted octanol–water partition coefficient (Wildman–Crippen LogP) is -0.665. The molecule has 0 bridgehead atoms. The lowest BCUT2D eigenvalue weighted by Gasteiger charge is -2.25. The molecule has 0 heterocycles. The Morgan fingerprint density at radius 3 is 2.50 bits per heavy atom.